The first-order valence-electron chi connectivity index (χ1n) is 6.86. The van der Waals surface area contributed by atoms with E-state index in [-0.39, 0.29) is 0 Å². The molecule has 1 heterocycles. The lowest BCUT2D eigenvalue weighted by molar-refractivity contribution is 0.399. The maximum Gasteiger partial charge on any atom is 0.0180 e. The fraction of sp³-hybridized carbons (Fsp3) is 0.600. The molecule has 1 atom stereocenters. The molecule has 0 spiro atoms. The largest absolute Gasteiger partial charge is 0.314 e. The molecule has 2 heteroatoms. The van der Waals surface area contributed by atoms with E-state index >= 15 is 0 Å². The molecule has 1 aliphatic carbocycles. The van der Waals surface area contributed by atoms with Crippen LogP contribution in [0.5, 0.6) is 0 Å². The van der Waals surface area contributed by atoms with Crippen LogP contribution in [0, 0.1) is 0 Å². The summed E-state index contributed by atoms with van der Waals surface area (Å²) >= 11 is 3.66. The van der Waals surface area contributed by atoms with Crippen molar-refractivity contribution in [2.24, 2.45) is 0 Å². The van der Waals surface area contributed by atoms with Gasteiger partial charge in [-0.05, 0) is 73.9 Å². The fourth-order valence-corrected chi connectivity index (χ4v) is 3.85. The molecule has 3 rings (SSSR count). The van der Waals surface area contributed by atoms with Gasteiger partial charge in [-0.15, -0.1) is 0 Å². The van der Waals surface area contributed by atoms with Crippen molar-refractivity contribution < 1.29 is 0 Å². The van der Waals surface area contributed by atoms with Gasteiger partial charge in [0.1, 0.15) is 0 Å². The molecule has 92 valence electrons. The van der Waals surface area contributed by atoms with E-state index in [4.69, 9.17) is 0 Å². The van der Waals surface area contributed by atoms with E-state index in [2.05, 4.69) is 33.4 Å². The summed E-state index contributed by atoms with van der Waals surface area (Å²) in [4.78, 5) is 0. The van der Waals surface area contributed by atoms with Gasteiger partial charge in [-0.2, -0.15) is 0 Å². The molecular weight excluding hydrogens is 274 g/mol. The van der Waals surface area contributed by atoms with Crippen LogP contribution in [0.4, 0.5) is 0 Å². The molecule has 1 aromatic rings. The van der Waals surface area contributed by atoms with Gasteiger partial charge in [0.2, 0.25) is 0 Å². The normalized spacial score (nSPS) is 23.7. The number of aryl methyl sites for hydroxylation is 1. The van der Waals surface area contributed by atoms with Gasteiger partial charge in [0.15, 0.2) is 0 Å². The Morgan fingerprint density at radius 1 is 1.18 bits per heavy atom. The van der Waals surface area contributed by atoms with Gasteiger partial charge in [0.05, 0.1) is 0 Å². The Morgan fingerprint density at radius 3 is 2.94 bits per heavy atom. The molecule has 0 aromatic heterocycles. The van der Waals surface area contributed by atoms with Crippen molar-refractivity contribution >= 4 is 15.9 Å². The molecular formula is C15H20BrN. The van der Waals surface area contributed by atoms with Crippen LogP contribution in [0.1, 0.15) is 42.4 Å². The van der Waals surface area contributed by atoms with Crippen molar-refractivity contribution in [2.75, 3.05) is 6.54 Å². The smallest absolute Gasteiger partial charge is 0.0180 e. The van der Waals surface area contributed by atoms with Crippen molar-refractivity contribution in [3.05, 3.63) is 33.3 Å². The second kappa shape index (κ2) is 5.11. The third-order valence-electron chi connectivity index (χ3n) is 4.15. The Kier molecular flexibility index (Phi) is 3.53. The summed E-state index contributed by atoms with van der Waals surface area (Å²) in [5.41, 5.74) is 4.83. The number of fused-ring (bicyclic) bond motifs is 1. The maximum atomic E-state index is 3.66. The second-order valence-electron chi connectivity index (χ2n) is 5.41. The fourth-order valence-electron chi connectivity index (χ4n) is 3.30. The molecule has 1 nitrogen and oxygen atoms in total. The summed E-state index contributed by atoms with van der Waals surface area (Å²) in [6.45, 7) is 1.21. The first kappa shape index (κ1) is 11.7. The minimum absolute atomic E-state index is 0.711. The van der Waals surface area contributed by atoms with Crippen molar-refractivity contribution in [2.45, 2.75) is 51.0 Å². The Bertz CT molecular complexity index is 408. The standard InChI is InChI=1S/C15H20BrN/c16-13-8-11-4-3-6-15(11)12(9-13)10-14-5-1-2-7-17-14/h8-9,14,17H,1-7,10H2. The minimum atomic E-state index is 0.711. The molecule has 1 N–H and O–H groups in total. The molecule has 2 aliphatic rings. The molecule has 17 heavy (non-hydrogen) atoms. The van der Waals surface area contributed by atoms with Crippen LogP contribution < -0.4 is 5.32 Å². The van der Waals surface area contributed by atoms with Crippen molar-refractivity contribution in [3.63, 3.8) is 0 Å². The van der Waals surface area contributed by atoms with Crippen LogP contribution in [0.2, 0.25) is 0 Å². The van der Waals surface area contributed by atoms with E-state index in [9.17, 15) is 0 Å². The van der Waals surface area contributed by atoms with E-state index in [0.717, 1.165) is 0 Å². The molecule has 1 aromatic carbocycles. The SMILES string of the molecule is Brc1cc2c(c(CC3CCCCN3)c1)CCC2. The van der Waals surface area contributed by atoms with E-state index in [1.807, 2.05) is 0 Å². The molecule has 1 unspecified atom stereocenters. The highest BCUT2D eigenvalue weighted by molar-refractivity contribution is 9.10. The highest BCUT2D eigenvalue weighted by Gasteiger charge is 2.19. The van der Waals surface area contributed by atoms with Gasteiger partial charge in [-0.1, -0.05) is 22.4 Å². The third kappa shape index (κ3) is 2.58. The zero-order valence-corrected chi connectivity index (χ0v) is 11.9. The predicted octanol–water partition coefficient (Wildman–Crippen LogP) is 3.62. The molecule has 0 bridgehead atoms. The maximum absolute atomic E-state index is 3.66. The quantitative estimate of drug-likeness (QED) is 0.878. The predicted molar refractivity (Wildman–Crippen MR) is 75.5 cm³/mol. The number of halogens is 1. The average molecular weight is 294 g/mol. The number of benzene rings is 1. The first-order valence-corrected chi connectivity index (χ1v) is 7.66. The third-order valence-corrected chi connectivity index (χ3v) is 4.61. The number of nitrogens with one attached hydrogen (secondary N) is 1. The second-order valence-corrected chi connectivity index (χ2v) is 6.32. The molecule has 1 saturated heterocycles. The topological polar surface area (TPSA) is 12.0 Å². The average Bonchev–Trinajstić information content (AvgIpc) is 2.78. The summed E-state index contributed by atoms with van der Waals surface area (Å²) in [7, 11) is 0. The highest BCUT2D eigenvalue weighted by atomic mass is 79.9. The summed E-state index contributed by atoms with van der Waals surface area (Å²) in [5.74, 6) is 0. The number of hydrogen-bond donors (Lipinski definition) is 1. The number of piperidine rings is 1. The summed E-state index contributed by atoms with van der Waals surface area (Å²) in [6, 6.07) is 5.38. The Hall–Kier alpha value is -0.340. The first-order chi connectivity index (χ1) is 8.33. The monoisotopic (exact) mass is 293 g/mol. The van der Waals surface area contributed by atoms with Crippen molar-refractivity contribution in [1.29, 1.82) is 0 Å². The van der Waals surface area contributed by atoms with Crippen LogP contribution in [-0.4, -0.2) is 12.6 Å². The van der Waals surface area contributed by atoms with Crippen LogP contribution in [0.15, 0.2) is 16.6 Å². The number of rotatable bonds is 2. The van der Waals surface area contributed by atoms with Crippen molar-refractivity contribution in [3.8, 4) is 0 Å². The zero-order chi connectivity index (χ0) is 11.7. The lowest BCUT2D eigenvalue weighted by atomic mass is 9.93. The number of hydrogen-bond acceptors (Lipinski definition) is 1. The molecule has 0 amide bonds. The van der Waals surface area contributed by atoms with Gasteiger partial charge < -0.3 is 5.32 Å². The highest BCUT2D eigenvalue weighted by Crippen LogP contribution is 2.30. The van der Waals surface area contributed by atoms with Crippen molar-refractivity contribution in [1.82, 2.24) is 5.32 Å². The lowest BCUT2D eigenvalue weighted by Gasteiger charge is -2.24. The van der Waals surface area contributed by atoms with E-state index in [1.165, 1.54) is 56.0 Å². The van der Waals surface area contributed by atoms with Crippen LogP contribution >= 0.6 is 15.9 Å². The van der Waals surface area contributed by atoms with Gasteiger partial charge in [-0.3, -0.25) is 0 Å². The summed E-state index contributed by atoms with van der Waals surface area (Å²) in [5, 5.41) is 3.66. The van der Waals surface area contributed by atoms with Crippen LogP contribution in [0.3, 0.4) is 0 Å². The summed E-state index contributed by atoms with van der Waals surface area (Å²) in [6.07, 6.45) is 9.24. The van der Waals surface area contributed by atoms with E-state index in [1.54, 1.807) is 16.7 Å². The Labute approximate surface area is 112 Å². The van der Waals surface area contributed by atoms with E-state index in [0.29, 0.717) is 6.04 Å². The lowest BCUT2D eigenvalue weighted by Crippen LogP contribution is -2.35. The van der Waals surface area contributed by atoms with Crippen LogP contribution in [-0.2, 0) is 19.3 Å². The molecule has 0 radical (unpaired) electrons. The molecule has 1 fully saturated rings. The van der Waals surface area contributed by atoms with Gasteiger partial charge in [0.25, 0.3) is 0 Å². The van der Waals surface area contributed by atoms with Gasteiger partial charge >= 0.3 is 0 Å². The molecule has 0 saturated carbocycles. The molecule has 1 aliphatic heterocycles. The summed E-state index contributed by atoms with van der Waals surface area (Å²) < 4.78 is 1.27. The Morgan fingerprint density at radius 2 is 2.12 bits per heavy atom. The van der Waals surface area contributed by atoms with Crippen LogP contribution in [0.25, 0.3) is 0 Å². The minimum Gasteiger partial charge on any atom is -0.314 e. The van der Waals surface area contributed by atoms with Gasteiger partial charge in [-0.25, -0.2) is 0 Å². The zero-order valence-electron chi connectivity index (χ0n) is 10.3. The van der Waals surface area contributed by atoms with Gasteiger partial charge in [0, 0.05) is 10.5 Å². The van der Waals surface area contributed by atoms with E-state index < -0.39 is 0 Å². The Balaban J connectivity index is 1.82.